The van der Waals surface area contributed by atoms with E-state index in [0.29, 0.717) is 0 Å². The molecule has 1 N–H and O–H groups in total. The molecule has 0 aromatic heterocycles. The highest BCUT2D eigenvalue weighted by molar-refractivity contribution is 8.00. The van der Waals surface area contributed by atoms with Gasteiger partial charge >= 0.3 is 6.18 Å². The number of halogens is 3. The summed E-state index contributed by atoms with van der Waals surface area (Å²) in [7, 11) is 0. The van der Waals surface area contributed by atoms with Crippen molar-refractivity contribution in [1.82, 2.24) is 0 Å². The summed E-state index contributed by atoms with van der Waals surface area (Å²) >= 11 is 1.49. The molecule has 0 bridgehead atoms. The molecule has 1 nitrogen and oxygen atoms in total. The number of aliphatic hydroxyl groups is 1. The SMILES string of the molecule is CC(C)(O)C1(Sc2ccc(C(F)(F)F)cc2)CCC1. The van der Waals surface area contributed by atoms with E-state index < -0.39 is 17.3 Å². The average Bonchev–Trinajstić information content (AvgIpc) is 2.21. The van der Waals surface area contributed by atoms with Crippen molar-refractivity contribution in [2.24, 2.45) is 0 Å². The van der Waals surface area contributed by atoms with Crippen molar-refractivity contribution in [3.8, 4) is 0 Å². The highest BCUT2D eigenvalue weighted by atomic mass is 32.2. The van der Waals surface area contributed by atoms with Gasteiger partial charge in [-0.2, -0.15) is 13.2 Å². The lowest BCUT2D eigenvalue weighted by Crippen LogP contribution is -2.52. The number of alkyl halides is 3. The maximum Gasteiger partial charge on any atom is 0.416 e. The fourth-order valence-electron chi connectivity index (χ4n) is 2.27. The number of benzene rings is 1. The molecule has 0 atom stereocenters. The second kappa shape index (κ2) is 4.70. The molecule has 0 amide bonds. The van der Waals surface area contributed by atoms with Crippen LogP contribution in [-0.4, -0.2) is 15.5 Å². The summed E-state index contributed by atoms with van der Waals surface area (Å²) in [4.78, 5) is 0.773. The van der Waals surface area contributed by atoms with Crippen molar-refractivity contribution in [3.05, 3.63) is 29.8 Å². The molecule has 5 heteroatoms. The number of hydrogen-bond donors (Lipinski definition) is 1. The molecular weight excluding hydrogens is 273 g/mol. The van der Waals surface area contributed by atoms with Crippen LogP contribution in [-0.2, 0) is 6.18 Å². The molecule has 1 aliphatic rings. The minimum atomic E-state index is -4.30. The largest absolute Gasteiger partial charge is 0.416 e. The van der Waals surface area contributed by atoms with Crippen molar-refractivity contribution in [2.45, 2.75) is 54.5 Å². The van der Waals surface area contributed by atoms with E-state index in [1.54, 1.807) is 13.8 Å². The van der Waals surface area contributed by atoms with Crippen molar-refractivity contribution < 1.29 is 18.3 Å². The Morgan fingerprint density at radius 2 is 1.63 bits per heavy atom. The summed E-state index contributed by atoms with van der Waals surface area (Å²) in [5.74, 6) is 0. The molecule has 0 spiro atoms. The minimum Gasteiger partial charge on any atom is -0.389 e. The third-order valence-electron chi connectivity index (χ3n) is 3.77. The Kier molecular flexibility index (Phi) is 3.64. The summed E-state index contributed by atoms with van der Waals surface area (Å²) in [5.41, 5.74) is -1.47. The van der Waals surface area contributed by atoms with E-state index in [2.05, 4.69) is 0 Å². The predicted octanol–water partition coefficient (Wildman–Crippen LogP) is 4.49. The first kappa shape index (κ1) is 14.7. The van der Waals surface area contributed by atoms with Gasteiger partial charge in [0.05, 0.1) is 11.2 Å². The van der Waals surface area contributed by atoms with Crippen LogP contribution in [0.3, 0.4) is 0 Å². The normalized spacial score (nSPS) is 19.1. The van der Waals surface area contributed by atoms with Gasteiger partial charge in [0.1, 0.15) is 0 Å². The fourth-order valence-corrected chi connectivity index (χ4v) is 3.74. The van der Waals surface area contributed by atoms with Crippen LogP contribution in [0.25, 0.3) is 0 Å². The predicted molar refractivity (Wildman–Crippen MR) is 70.2 cm³/mol. The van der Waals surface area contributed by atoms with Crippen LogP contribution in [0.2, 0.25) is 0 Å². The van der Waals surface area contributed by atoms with Crippen molar-refractivity contribution in [2.75, 3.05) is 0 Å². The number of hydrogen-bond acceptors (Lipinski definition) is 2. The molecule has 1 fully saturated rings. The zero-order valence-corrected chi connectivity index (χ0v) is 11.7. The first-order chi connectivity index (χ1) is 8.64. The minimum absolute atomic E-state index is 0.271. The average molecular weight is 290 g/mol. The number of rotatable bonds is 3. The Balaban J connectivity index is 2.16. The molecule has 0 heterocycles. The van der Waals surface area contributed by atoms with Crippen LogP contribution < -0.4 is 0 Å². The van der Waals surface area contributed by atoms with Gasteiger partial charge in [-0.15, -0.1) is 11.8 Å². The van der Waals surface area contributed by atoms with E-state index in [-0.39, 0.29) is 4.75 Å². The molecule has 0 saturated heterocycles. The maximum absolute atomic E-state index is 12.5. The molecule has 1 aromatic rings. The van der Waals surface area contributed by atoms with Gasteiger partial charge in [0.2, 0.25) is 0 Å². The zero-order valence-electron chi connectivity index (χ0n) is 10.9. The van der Waals surface area contributed by atoms with Gasteiger partial charge in [-0.3, -0.25) is 0 Å². The van der Waals surface area contributed by atoms with Gasteiger partial charge in [-0.05, 0) is 51.0 Å². The van der Waals surface area contributed by atoms with E-state index in [1.807, 2.05) is 0 Å². The Labute approximate surface area is 115 Å². The van der Waals surface area contributed by atoms with Gasteiger partial charge in [0, 0.05) is 9.64 Å². The molecular formula is C14H17F3OS. The van der Waals surface area contributed by atoms with E-state index >= 15 is 0 Å². The van der Waals surface area contributed by atoms with Crippen LogP contribution in [0.15, 0.2) is 29.2 Å². The lowest BCUT2D eigenvalue weighted by atomic mass is 9.73. The molecule has 2 rings (SSSR count). The summed E-state index contributed by atoms with van der Waals surface area (Å²) in [5, 5.41) is 10.2. The molecule has 19 heavy (non-hydrogen) atoms. The standard InChI is InChI=1S/C14H17F3OS/c1-12(2,18)13(8-3-9-13)19-11-6-4-10(5-7-11)14(15,16)17/h4-7,18H,3,8-9H2,1-2H3. The van der Waals surface area contributed by atoms with Crippen LogP contribution in [0, 0.1) is 0 Å². The molecule has 1 aromatic carbocycles. The summed E-state index contributed by atoms with van der Waals surface area (Å²) in [6.07, 6.45) is -1.46. The van der Waals surface area contributed by atoms with Crippen LogP contribution in [0.5, 0.6) is 0 Å². The lowest BCUT2D eigenvalue weighted by Gasteiger charge is -2.49. The number of thioether (sulfide) groups is 1. The Morgan fingerprint density at radius 3 is 1.95 bits per heavy atom. The first-order valence-electron chi connectivity index (χ1n) is 6.23. The van der Waals surface area contributed by atoms with Gasteiger partial charge < -0.3 is 5.11 Å². The highest BCUT2D eigenvalue weighted by Crippen LogP contribution is 2.54. The van der Waals surface area contributed by atoms with Crippen LogP contribution >= 0.6 is 11.8 Å². The third-order valence-corrected chi connectivity index (χ3v) is 5.58. The van der Waals surface area contributed by atoms with Crippen LogP contribution in [0.1, 0.15) is 38.7 Å². The fraction of sp³-hybridized carbons (Fsp3) is 0.571. The Bertz CT molecular complexity index is 441. The Morgan fingerprint density at radius 1 is 1.11 bits per heavy atom. The van der Waals surface area contributed by atoms with E-state index in [0.717, 1.165) is 36.3 Å². The van der Waals surface area contributed by atoms with Gasteiger partial charge in [0.25, 0.3) is 0 Å². The van der Waals surface area contributed by atoms with E-state index in [9.17, 15) is 18.3 Å². The molecule has 106 valence electrons. The highest BCUT2D eigenvalue weighted by Gasteiger charge is 2.49. The summed E-state index contributed by atoms with van der Waals surface area (Å²) in [6.45, 7) is 3.53. The summed E-state index contributed by atoms with van der Waals surface area (Å²) < 4.78 is 37.2. The van der Waals surface area contributed by atoms with Crippen molar-refractivity contribution >= 4 is 11.8 Å². The molecule has 0 aliphatic heterocycles. The first-order valence-corrected chi connectivity index (χ1v) is 7.04. The maximum atomic E-state index is 12.5. The smallest absolute Gasteiger partial charge is 0.389 e. The van der Waals surface area contributed by atoms with E-state index in [4.69, 9.17) is 0 Å². The van der Waals surface area contributed by atoms with Gasteiger partial charge in [0.15, 0.2) is 0 Å². The zero-order chi connectivity index (χ0) is 14.3. The molecule has 1 aliphatic carbocycles. The van der Waals surface area contributed by atoms with Crippen LogP contribution in [0.4, 0.5) is 13.2 Å². The molecule has 0 radical (unpaired) electrons. The quantitative estimate of drug-likeness (QED) is 0.885. The van der Waals surface area contributed by atoms with Crippen molar-refractivity contribution in [3.63, 3.8) is 0 Å². The molecule has 1 saturated carbocycles. The topological polar surface area (TPSA) is 20.2 Å². The van der Waals surface area contributed by atoms with Gasteiger partial charge in [-0.1, -0.05) is 6.42 Å². The monoisotopic (exact) mass is 290 g/mol. The Hall–Kier alpha value is -0.680. The second-order valence-corrected chi connectivity index (χ2v) is 6.99. The van der Waals surface area contributed by atoms with Gasteiger partial charge in [-0.25, -0.2) is 0 Å². The lowest BCUT2D eigenvalue weighted by molar-refractivity contribution is -0.137. The third kappa shape index (κ3) is 2.92. The van der Waals surface area contributed by atoms with Crippen molar-refractivity contribution in [1.29, 1.82) is 0 Å². The molecule has 0 unspecified atom stereocenters. The van der Waals surface area contributed by atoms with E-state index in [1.165, 1.54) is 23.9 Å². The summed E-state index contributed by atoms with van der Waals surface area (Å²) in [6, 6.07) is 5.16. The second-order valence-electron chi connectivity index (χ2n) is 5.53.